The van der Waals surface area contributed by atoms with Gasteiger partial charge >= 0.3 is 0 Å². The quantitative estimate of drug-likeness (QED) is 0.308. The van der Waals surface area contributed by atoms with Crippen molar-refractivity contribution in [2.45, 2.75) is 33.4 Å². The Balaban J connectivity index is 1.57. The molecule has 0 radical (unpaired) electrons. The van der Waals surface area contributed by atoms with Crippen molar-refractivity contribution < 1.29 is 9.47 Å². The second kappa shape index (κ2) is 11.6. The molecular formula is C29H33N5O2. The fraction of sp³-hybridized carbons (Fsp3) is 0.276. The van der Waals surface area contributed by atoms with Gasteiger partial charge in [-0.3, -0.25) is 0 Å². The topological polar surface area (TPSA) is 74.1 Å². The summed E-state index contributed by atoms with van der Waals surface area (Å²) in [5.74, 6) is 2.44. The van der Waals surface area contributed by atoms with E-state index in [0.29, 0.717) is 12.3 Å². The monoisotopic (exact) mass is 483 g/mol. The maximum absolute atomic E-state index is 5.59. The fourth-order valence-electron chi connectivity index (χ4n) is 4.36. The van der Waals surface area contributed by atoms with Gasteiger partial charge < -0.3 is 14.8 Å². The van der Waals surface area contributed by atoms with Crippen LogP contribution in [0.1, 0.15) is 42.4 Å². The number of ether oxygens (including phenoxy) is 2. The molecule has 1 unspecified atom stereocenters. The zero-order valence-electron chi connectivity index (χ0n) is 21.5. The Kier molecular flexibility index (Phi) is 8.13. The molecule has 1 aromatic heterocycles. The Hall–Kier alpha value is -3.97. The third-order valence-corrected chi connectivity index (χ3v) is 6.32. The van der Waals surface area contributed by atoms with Crippen molar-refractivity contribution in [3.05, 3.63) is 89.2 Å². The third-order valence-electron chi connectivity index (χ3n) is 6.32. The number of para-hydroxylation sites is 1. The number of nitrogens with one attached hydrogen (secondary N) is 1. The summed E-state index contributed by atoms with van der Waals surface area (Å²) in [6, 6.07) is 22.6. The Morgan fingerprint density at radius 3 is 2.44 bits per heavy atom. The summed E-state index contributed by atoms with van der Waals surface area (Å²) in [4.78, 5) is 0. The van der Waals surface area contributed by atoms with Gasteiger partial charge in [0.15, 0.2) is 17.3 Å². The molecular weight excluding hydrogens is 450 g/mol. The smallest absolute Gasteiger partial charge is 0.173 e. The molecule has 0 aliphatic carbocycles. The summed E-state index contributed by atoms with van der Waals surface area (Å²) >= 11 is 0. The lowest BCUT2D eigenvalue weighted by atomic mass is 9.96. The number of hydrogen-bond acceptors (Lipinski definition) is 6. The van der Waals surface area contributed by atoms with Crippen LogP contribution >= 0.6 is 0 Å². The van der Waals surface area contributed by atoms with Crippen molar-refractivity contribution in [1.82, 2.24) is 25.5 Å². The van der Waals surface area contributed by atoms with Crippen molar-refractivity contribution in [3.8, 4) is 22.6 Å². The largest absolute Gasteiger partial charge is 0.493 e. The summed E-state index contributed by atoms with van der Waals surface area (Å²) < 4.78 is 12.8. The Morgan fingerprint density at radius 2 is 1.72 bits per heavy atom. The molecule has 0 amide bonds. The summed E-state index contributed by atoms with van der Waals surface area (Å²) in [6.45, 7) is 7.02. The van der Waals surface area contributed by atoms with Crippen LogP contribution in [-0.4, -0.2) is 34.4 Å². The van der Waals surface area contributed by atoms with E-state index in [1.54, 1.807) is 18.9 Å². The molecule has 7 heteroatoms. The van der Waals surface area contributed by atoms with Crippen LogP contribution in [0.2, 0.25) is 0 Å². The van der Waals surface area contributed by atoms with E-state index in [-0.39, 0.29) is 12.0 Å². The lowest BCUT2D eigenvalue weighted by Crippen LogP contribution is -2.28. The van der Waals surface area contributed by atoms with E-state index < -0.39 is 0 Å². The minimum Gasteiger partial charge on any atom is -0.493 e. The van der Waals surface area contributed by atoms with E-state index in [1.165, 1.54) is 16.7 Å². The number of methoxy groups -OCH3 is 2. The molecule has 0 bridgehead atoms. The van der Waals surface area contributed by atoms with Gasteiger partial charge in [-0.05, 0) is 57.7 Å². The van der Waals surface area contributed by atoms with Gasteiger partial charge in [0.2, 0.25) is 0 Å². The summed E-state index contributed by atoms with van der Waals surface area (Å²) in [5.41, 5.74) is 5.74. The van der Waals surface area contributed by atoms with Gasteiger partial charge in [0.25, 0.3) is 0 Å². The third kappa shape index (κ3) is 5.47. The Morgan fingerprint density at radius 1 is 0.944 bits per heavy atom. The molecule has 1 N–H and O–H groups in total. The van der Waals surface area contributed by atoms with Gasteiger partial charge in [-0.15, -0.1) is 5.10 Å². The predicted octanol–water partition coefficient (Wildman–Crippen LogP) is 5.78. The first kappa shape index (κ1) is 25.1. The van der Waals surface area contributed by atoms with Crippen molar-refractivity contribution >= 4 is 12.3 Å². The molecule has 0 aliphatic heterocycles. The van der Waals surface area contributed by atoms with Crippen LogP contribution in [0.3, 0.4) is 0 Å². The lowest BCUT2D eigenvalue weighted by Gasteiger charge is -2.22. The molecule has 36 heavy (non-hydrogen) atoms. The molecule has 0 fully saturated rings. The van der Waals surface area contributed by atoms with Gasteiger partial charge in [0, 0.05) is 18.3 Å². The molecule has 186 valence electrons. The average molecular weight is 484 g/mol. The molecule has 3 aromatic carbocycles. The first-order chi connectivity index (χ1) is 17.5. The number of nitrogens with zero attached hydrogens (tertiary/aromatic N) is 4. The van der Waals surface area contributed by atoms with Crippen LogP contribution in [0.4, 0.5) is 0 Å². The second-order valence-corrected chi connectivity index (χ2v) is 8.94. The van der Waals surface area contributed by atoms with Crippen molar-refractivity contribution in [2.75, 3.05) is 14.2 Å². The highest BCUT2D eigenvalue weighted by Crippen LogP contribution is 2.31. The molecule has 7 nitrogen and oxygen atoms in total. The van der Waals surface area contributed by atoms with Gasteiger partial charge in [0.1, 0.15) is 0 Å². The summed E-state index contributed by atoms with van der Waals surface area (Å²) in [6.07, 6.45) is 3.99. The van der Waals surface area contributed by atoms with Crippen molar-refractivity contribution in [3.63, 3.8) is 0 Å². The van der Waals surface area contributed by atoms with Crippen molar-refractivity contribution in [2.24, 2.45) is 5.92 Å². The average Bonchev–Trinajstić information content (AvgIpc) is 3.36. The normalized spacial score (nSPS) is 12.3. The Labute approximate surface area is 212 Å². The van der Waals surface area contributed by atoms with Gasteiger partial charge in [-0.25, -0.2) is 4.68 Å². The van der Waals surface area contributed by atoms with Crippen LogP contribution in [0, 0.1) is 12.8 Å². The SMILES string of the molecule is COc1cccc(CNC(c2nnnn2/C=C/c2cccc(-c3ccccc3)c2C)C(C)C)c1OC. The van der Waals surface area contributed by atoms with Gasteiger partial charge in [-0.1, -0.05) is 74.5 Å². The van der Waals surface area contributed by atoms with E-state index >= 15 is 0 Å². The fourth-order valence-corrected chi connectivity index (χ4v) is 4.36. The van der Waals surface area contributed by atoms with E-state index in [1.807, 2.05) is 30.5 Å². The molecule has 1 heterocycles. The van der Waals surface area contributed by atoms with Crippen molar-refractivity contribution in [1.29, 1.82) is 0 Å². The van der Waals surface area contributed by atoms with E-state index in [9.17, 15) is 0 Å². The van der Waals surface area contributed by atoms with Crippen LogP contribution in [-0.2, 0) is 6.54 Å². The highest BCUT2D eigenvalue weighted by molar-refractivity contribution is 5.74. The lowest BCUT2D eigenvalue weighted by molar-refractivity contribution is 0.345. The zero-order chi connectivity index (χ0) is 25.5. The number of tetrazole rings is 1. The first-order valence-corrected chi connectivity index (χ1v) is 12.1. The molecule has 0 saturated heterocycles. The molecule has 0 spiro atoms. The van der Waals surface area contributed by atoms with Crippen LogP contribution in [0.5, 0.6) is 11.5 Å². The highest BCUT2D eigenvalue weighted by Gasteiger charge is 2.22. The van der Waals surface area contributed by atoms with Crippen LogP contribution < -0.4 is 14.8 Å². The van der Waals surface area contributed by atoms with Gasteiger partial charge in [0.05, 0.1) is 20.3 Å². The molecule has 4 aromatic rings. The van der Waals surface area contributed by atoms with E-state index in [0.717, 1.165) is 22.7 Å². The maximum atomic E-state index is 5.59. The standard InChI is InChI=1S/C29H33N5O2/c1-20(2)27(30-19-24-14-10-16-26(35-4)28(24)36-5)29-31-32-33-34(29)18-17-22-13-9-15-25(21(22)3)23-11-7-6-8-12-23/h6-18,20,27,30H,19H2,1-5H3/b18-17+. The molecule has 0 aliphatic rings. The zero-order valence-corrected chi connectivity index (χ0v) is 21.5. The van der Waals surface area contributed by atoms with Crippen LogP contribution in [0.25, 0.3) is 23.4 Å². The molecule has 0 saturated carbocycles. The molecule has 1 atom stereocenters. The summed E-state index contributed by atoms with van der Waals surface area (Å²) in [5, 5.41) is 16.2. The predicted molar refractivity (Wildman–Crippen MR) is 144 cm³/mol. The number of benzene rings is 3. The Bertz CT molecular complexity index is 1310. The van der Waals surface area contributed by atoms with E-state index in [4.69, 9.17) is 9.47 Å². The number of rotatable bonds is 10. The minimum absolute atomic E-state index is 0.0719. The first-order valence-electron chi connectivity index (χ1n) is 12.1. The number of hydrogen-bond donors (Lipinski definition) is 1. The molecule has 4 rings (SSSR count). The van der Waals surface area contributed by atoms with Crippen LogP contribution in [0.15, 0.2) is 66.7 Å². The van der Waals surface area contributed by atoms with Gasteiger partial charge in [-0.2, -0.15) is 0 Å². The summed E-state index contributed by atoms with van der Waals surface area (Å²) in [7, 11) is 3.30. The second-order valence-electron chi connectivity index (χ2n) is 8.94. The minimum atomic E-state index is -0.0719. The number of aromatic nitrogens is 4. The van der Waals surface area contributed by atoms with E-state index in [2.05, 4.69) is 90.2 Å². The highest BCUT2D eigenvalue weighted by atomic mass is 16.5. The maximum Gasteiger partial charge on any atom is 0.173 e.